The zero-order valence-corrected chi connectivity index (χ0v) is 10.1. The molecule has 0 radical (unpaired) electrons. The molecule has 1 atom stereocenters. The number of allylic oxidation sites excluding steroid dienone is 5. The van der Waals surface area contributed by atoms with E-state index in [2.05, 4.69) is 53.4 Å². The molecular weight excluding hydrogens is 167 g/mol. The Morgan fingerprint density at radius 1 is 1.36 bits per heavy atom. The van der Waals surface area contributed by atoms with E-state index in [4.69, 9.17) is 0 Å². The molecule has 0 fully saturated rings. The molecule has 0 saturated carbocycles. The van der Waals surface area contributed by atoms with Crippen LogP contribution in [0.5, 0.6) is 0 Å². The first kappa shape index (κ1) is 13.3. The van der Waals surface area contributed by atoms with Gasteiger partial charge in [-0.3, -0.25) is 0 Å². The monoisotopic (exact) mass is 190 g/mol. The highest BCUT2D eigenvalue weighted by Gasteiger charge is 2.01. The zero-order chi connectivity index (χ0) is 11.0. The van der Waals surface area contributed by atoms with Crippen molar-refractivity contribution in [2.45, 2.75) is 39.9 Å². The molecule has 14 heavy (non-hydrogen) atoms. The van der Waals surface area contributed by atoms with Crippen molar-refractivity contribution in [1.82, 2.24) is 0 Å². The summed E-state index contributed by atoms with van der Waals surface area (Å²) in [5, 5.41) is 0. The summed E-state index contributed by atoms with van der Waals surface area (Å²) in [5.41, 5.74) is 2.73. The summed E-state index contributed by atoms with van der Waals surface area (Å²) in [6, 6.07) is 0. The average molecular weight is 190 g/mol. The van der Waals surface area contributed by atoms with E-state index in [1.165, 1.54) is 17.5 Å². The third-order valence-corrected chi connectivity index (χ3v) is 2.75. The molecule has 0 aliphatic heterocycles. The van der Waals surface area contributed by atoms with E-state index in [0.717, 1.165) is 12.8 Å². The molecule has 0 heterocycles. The molecule has 1 heteroatoms. The van der Waals surface area contributed by atoms with E-state index in [1.54, 1.807) is 0 Å². The first-order valence-electron chi connectivity index (χ1n) is 5.70. The van der Waals surface area contributed by atoms with Gasteiger partial charge in [-0.1, -0.05) is 63.0 Å². The van der Waals surface area contributed by atoms with Crippen molar-refractivity contribution in [3.8, 4) is 0 Å². The van der Waals surface area contributed by atoms with Gasteiger partial charge < -0.3 is 0 Å². The van der Waals surface area contributed by atoms with Gasteiger partial charge in [0.05, 0.1) is 0 Å². The summed E-state index contributed by atoms with van der Waals surface area (Å²) in [6.45, 7) is 10.6. The standard InChI is InChI=1S/C13H23B/c1-5-11(3)8-7-9-13(6-2)12(4)10-14/h7-9,12H,3,5-6,10,14H2,1-2,4H3/b8-7-,13-9-. The second-order valence-corrected chi connectivity index (χ2v) is 3.78. The highest BCUT2D eigenvalue weighted by atomic mass is 14.1. The second kappa shape index (κ2) is 7.67. The molecule has 0 N–H and O–H groups in total. The molecule has 0 rings (SSSR count). The Morgan fingerprint density at radius 2 is 2.00 bits per heavy atom. The normalized spacial score (nSPS) is 14.6. The maximum Gasteiger partial charge on any atom is 0.102 e. The van der Waals surface area contributed by atoms with Crippen molar-refractivity contribution in [1.29, 1.82) is 0 Å². The van der Waals surface area contributed by atoms with Crippen LogP contribution in [-0.2, 0) is 0 Å². The first-order chi connectivity index (χ1) is 6.65. The lowest BCUT2D eigenvalue weighted by Gasteiger charge is -2.10. The van der Waals surface area contributed by atoms with Gasteiger partial charge in [-0.25, -0.2) is 0 Å². The summed E-state index contributed by atoms with van der Waals surface area (Å²) in [5.74, 6) is 0.708. The van der Waals surface area contributed by atoms with E-state index in [1.807, 2.05) is 0 Å². The molecular formula is C13H23B. The Bertz CT molecular complexity index is 223. The van der Waals surface area contributed by atoms with Crippen LogP contribution in [0.15, 0.2) is 36.0 Å². The molecule has 0 aromatic carbocycles. The number of hydrogen-bond donors (Lipinski definition) is 0. The van der Waals surface area contributed by atoms with Crippen molar-refractivity contribution in [2.75, 3.05) is 0 Å². The molecule has 0 saturated heterocycles. The van der Waals surface area contributed by atoms with Crippen molar-refractivity contribution in [2.24, 2.45) is 5.92 Å². The fourth-order valence-electron chi connectivity index (χ4n) is 1.32. The third kappa shape index (κ3) is 5.11. The summed E-state index contributed by atoms with van der Waals surface area (Å²) < 4.78 is 0. The molecule has 0 aromatic heterocycles. The van der Waals surface area contributed by atoms with Crippen LogP contribution in [0.1, 0.15) is 33.6 Å². The summed E-state index contributed by atoms with van der Waals surface area (Å²) in [6.07, 6.45) is 9.90. The Balaban J connectivity index is 4.31. The predicted molar refractivity (Wildman–Crippen MR) is 69.5 cm³/mol. The summed E-state index contributed by atoms with van der Waals surface area (Å²) in [4.78, 5) is 0. The quantitative estimate of drug-likeness (QED) is 0.444. The van der Waals surface area contributed by atoms with E-state index in [9.17, 15) is 0 Å². The molecule has 0 aromatic rings. The van der Waals surface area contributed by atoms with Crippen molar-refractivity contribution in [3.63, 3.8) is 0 Å². The molecule has 0 bridgehead atoms. The molecule has 78 valence electrons. The van der Waals surface area contributed by atoms with Crippen LogP contribution in [0.4, 0.5) is 0 Å². The minimum absolute atomic E-state index is 0.708. The van der Waals surface area contributed by atoms with E-state index >= 15 is 0 Å². The molecule has 1 unspecified atom stereocenters. The van der Waals surface area contributed by atoms with Crippen LogP contribution in [0, 0.1) is 5.92 Å². The van der Waals surface area contributed by atoms with Crippen LogP contribution in [0.2, 0.25) is 6.32 Å². The topological polar surface area (TPSA) is 0 Å². The number of hydrogen-bond acceptors (Lipinski definition) is 0. The van der Waals surface area contributed by atoms with Crippen LogP contribution in [0.25, 0.3) is 0 Å². The fourth-order valence-corrected chi connectivity index (χ4v) is 1.32. The van der Waals surface area contributed by atoms with Gasteiger partial charge in [-0.15, -0.1) is 0 Å². The Labute approximate surface area is 90.2 Å². The largest absolute Gasteiger partial charge is 0.102 e. The van der Waals surface area contributed by atoms with Gasteiger partial charge in [0.15, 0.2) is 0 Å². The zero-order valence-electron chi connectivity index (χ0n) is 10.1. The molecule has 0 amide bonds. The van der Waals surface area contributed by atoms with Gasteiger partial charge in [0.2, 0.25) is 0 Å². The maximum atomic E-state index is 3.94. The Hall–Kier alpha value is -0.715. The molecule has 0 aliphatic rings. The van der Waals surface area contributed by atoms with Crippen molar-refractivity contribution in [3.05, 3.63) is 36.0 Å². The smallest absolute Gasteiger partial charge is 0.0958 e. The molecule has 0 spiro atoms. The summed E-state index contributed by atoms with van der Waals surface area (Å²) in [7, 11) is 2.24. The van der Waals surface area contributed by atoms with E-state index in [0.29, 0.717) is 5.92 Å². The second-order valence-electron chi connectivity index (χ2n) is 3.78. The Kier molecular flexibility index (Phi) is 7.28. The maximum absolute atomic E-state index is 3.94. The van der Waals surface area contributed by atoms with Crippen LogP contribution < -0.4 is 0 Å². The lowest BCUT2D eigenvalue weighted by molar-refractivity contribution is 0.731. The number of rotatable bonds is 6. The highest BCUT2D eigenvalue weighted by molar-refractivity contribution is 6.08. The Morgan fingerprint density at radius 3 is 2.43 bits per heavy atom. The molecule has 0 nitrogen and oxygen atoms in total. The van der Waals surface area contributed by atoms with Gasteiger partial charge in [0.25, 0.3) is 0 Å². The lowest BCUT2D eigenvalue weighted by Crippen LogP contribution is -1.96. The van der Waals surface area contributed by atoms with Crippen LogP contribution in [-0.4, -0.2) is 7.85 Å². The molecule has 0 aliphatic carbocycles. The minimum Gasteiger partial charge on any atom is -0.0958 e. The predicted octanol–water partition coefficient (Wildman–Crippen LogP) is 3.53. The van der Waals surface area contributed by atoms with Gasteiger partial charge in [-0.05, 0) is 18.8 Å². The lowest BCUT2D eigenvalue weighted by atomic mass is 9.85. The van der Waals surface area contributed by atoms with Gasteiger partial charge in [0.1, 0.15) is 7.85 Å². The average Bonchev–Trinajstić information content (AvgIpc) is 2.22. The highest BCUT2D eigenvalue weighted by Crippen LogP contribution is 2.17. The minimum atomic E-state index is 0.708. The van der Waals surface area contributed by atoms with Crippen molar-refractivity contribution < 1.29 is 0 Å². The van der Waals surface area contributed by atoms with E-state index in [-0.39, 0.29) is 0 Å². The van der Waals surface area contributed by atoms with Gasteiger partial charge >= 0.3 is 0 Å². The van der Waals surface area contributed by atoms with Crippen molar-refractivity contribution >= 4 is 7.85 Å². The summed E-state index contributed by atoms with van der Waals surface area (Å²) >= 11 is 0. The SMILES string of the molecule is BCC(C)/C(=C\C=C/C(=C)CC)CC. The van der Waals surface area contributed by atoms with Crippen LogP contribution in [0.3, 0.4) is 0 Å². The first-order valence-corrected chi connectivity index (χ1v) is 5.70. The van der Waals surface area contributed by atoms with E-state index < -0.39 is 0 Å². The van der Waals surface area contributed by atoms with Gasteiger partial charge in [0, 0.05) is 0 Å². The van der Waals surface area contributed by atoms with Gasteiger partial charge in [-0.2, -0.15) is 0 Å². The third-order valence-electron chi connectivity index (χ3n) is 2.75. The fraction of sp³-hybridized carbons (Fsp3) is 0.538. The van der Waals surface area contributed by atoms with Crippen LogP contribution >= 0.6 is 0 Å².